The Kier molecular flexibility index (Phi) is 5.24. The molecule has 2 amide bonds. The molecule has 0 unspecified atom stereocenters. The van der Waals surface area contributed by atoms with Crippen molar-refractivity contribution in [3.63, 3.8) is 0 Å². The minimum atomic E-state index is -0.676. The number of benzene rings is 3. The summed E-state index contributed by atoms with van der Waals surface area (Å²) in [4.78, 5) is 38.7. The van der Waals surface area contributed by atoms with Gasteiger partial charge < -0.3 is 21.5 Å². The van der Waals surface area contributed by atoms with Crippen molar-refractivity contribution < 1.29 is 19.5 Å². The lowest BCUT2D eigenvalue weighted by Crippen LogP contribution is -2.30. The molecule has 160 valence electrons. The number of ketones is 1. The SMILES string of the molecule is C=C(CN1Cc2c(-c3ccc(O)c(C(=O)c4ccccc4)c3)ccc(N)c2C1=O)C(N)=O. The van der Waals surface area contributed by atoms with Crippen molar-refractivity contribution in [2.24, 2.45) is 5.73 Å². The molecule has 5 N–H and O–H groups in total. The van der Waals surface area contributed by atoms with Crippen LogP contribution in [0.1, 0.15) is 31.8 Å². The maximum atomic E-state index is 12.9. The minimum Gasteiger partial charge on any atom is -0.507 e. The van der Waals surface area contributed by atoms with E-state index in [0.717, 1.165) is 0 Å². The summed E-state index contributed by atoms with van der Waals surface area (Å²) in [6.45, 7) is 3.83. The summed E-state index contributed by atoms with van der Waals surface area (Å²) in [7, 11) is 0. The van der Waals surface area contributed by atoms with Crippen LogP contribution in [0.25, 0.3) is 11.1 Å². The molecule has 4 rings (SSSR count). The molecule has 0 saturated carbocycles. The second-order valence-electron chi connectivity index (χ2n) is 7.61. The van der Waals surface area contributed by atoms with Gasteiger partial charge in [0.15, 0.2) is 5.78 Å². The lowest BCUT2D eigenvalue weighted by molar-refractivity contribution is -0.114. The highest BCUT2D eigenvalue weighted by atomic mass is 16.3. The molecule has 7 nitrogen and oxygen atoms in total. The largest absolute Gasteiger partial charge is 0.507 e. The monoisotopic (exact) mass is 427 g/mol. The number of hydrogen-bond donors (Lipinski definition) is 3. The normalized spacial score (nSPS) is 12.5. The van der Waals surface area contributed by atoms with Gasteiger partial charge in [0.1, 0.15) is 5.75 Å². The van der Waals surface area contributed by atoms with Gasteiger partial charge in [-0.3, -0.25) is 14.4 Å². The number of rotatable bonds is 6. The van der Waals surface area contributed by atoms with E-state index >= 15 is 0 Å². The third kappa shape index (κ3) is 3.60. The van der Waals surface area contributed by atoms with Crippen LogP contribution in [-0.4, -0.2) is 34.1 Å². The van der Waals surface area contributed by atoms with Crippen LogP contribution in [0.15, 0.2) is 72.8 Å². The smallest absolute Gasteiger partial charge is 0.256 e. The first-order chi connectivity index (χ1) is 15.3. The number of anilines is 1. The predicted molar refractivity (Wildman–Crippen MR) is 121 cm³/mol. The molecule has 7 heteroatoms. The van der Waals surface area contributed by atoms with Crippen LogP contribution in [0.4, 0.5) is 5.69 Å². The number of hydrogen-bond acceptors (Lipinski definition) is 5. The minimum absolute atomic E-state index is 0.00491. The zero-order valence-corrected chi connectivity index (χ0v) is 17.2. The molecule has 3 aromatic carbocycles. The molecule has 3 aromatic rings. The van der Waals surface area contributed by atoms with E-state index in [4.69, 9.17) is 11.5 Å². The van der Waals surface area contributed by atoms with Gasteiger partial charge in [0, 0.05) is 23.4 Å². The number of carbonyl (C=O) groups is 3. The number of fused-ring (bicyclic) bond motifs is 1. The van der Waals surface area contributed by atoms with Gasteiger partial charge in [-0.1, -0.05) is 49.0 Å². The fourth-order valence-corrected chi connectivity index (χ4v) is 3.84. The van der Waals surface area contributed by atoms with Crippen LogP contribution in [-0.2, 0) is 11.3 Å². The van der Waals surface area contributed by atoms with Gasteiger partial charge in [-0.05, 0) is 34.9 Å². The van der Waals surface area contributed by atoms with Gasteiger partial charge in [0.25, 0.3) is 5.91 Å². The van der Waals surface area contributed by atoms with E-state index in [1.807, 2.05) is 0 Å². The number of primary amides is 1. The molecule has 0 saturated heterocycles. The lowest BCUT2D eigenvalue weighted by atomic mass is 9.93. The first kappa shape index (κ1) is 20.9. The van der Waals surface area contributed by atoms with Crippen LogP contribution in [0, 0.1) is 0 Å². The Morgan fingerprint density at radius 2 is 1.78 bits per heavy atom. The molecule has 0 fully saturated rings. The van der Waals surface area contributed by atoms with Crippen LogP contribution in [0.3, 0.4) is 0 Å². The van der Waals surface area contributed by atoms with Gasteiger partial charge >= 0.3 is 0 Å². The third-order valence-electron chi connectivity index (χ3n) is 5.51. The van der Waals surface area contributed by atoms with Crippen LogP contribution in [0.5, 0.6) is 5.75 Å². The van der Waals surface area contributed by atoms with Crippen LogP contribution in [0.2, 0.25) is 0 Å². The van der Waals surface area contributed by atoms with E-state index in [2.05, 4.69) is 6.58 Å². The summed E-state index contributed by atoms with van der Waals surface area (Å²) in [6.07, 6.45) is 0. The average molecular weight is 427 g/mol. The average Bonchev–Trinajstić information content (AvgIpc) is 3.11. The summed E-state index contributed by atoms with van der Waals surface area (Å²) in [5, 5.41) is 10.3. The number of aromatic hydroxyl groups is 1. The molecule has 1 aliphatic rings. The van der Waals surface area contributed by atoms with E-state index in [1.165, 1.54) is 11.0 Å². The molecular weight excluding hydrogens is 406 g/mol. The topological polar surface area (TPSA) is 127 Å². The van der Waals surface area contributed by atoms with Gasteiger partial charge in [0.2, 0.25) is 5.91 Å². The molecular formula is C25H21N3O4. The van der Waals surface area contributed by atoms with E-state index in [1.54, 1.807) is 54.6 Å². The van der Waals surface area contributed by atoms with Crippen LogP contribution < -0.4 is 11.5 Å². The number of nitrogen functional groups attached to an aromatic ring is 1. The fourth-order valence-electron chi connectivity index (χ4n) is 3.84. The molecule has 1 aliphatic heterocycles. The Labute approximate surface area is 184 Å². The van der Waals surface area contributed by atoms with Gasteiger partial charge in [-0.15, -0.1) is 0 Å². The van der Waals surface area contributed by atoms with Crippen molar-refractivity contribution in [1.82, 2.24) is 4.90 Å². The summed E-state index contributed by atoms with van der Waals surface area (Å²) in [6, 6.07) is 16.8. The van der Waals surface area contributed by atoms with Gasteiger partial charge in [0.05, 0.1) is 17.7 Å². The maximum absolute atomic E-state index is 12.9. The number of nitrogens with two attached hydrogens (primary N) is 2. The van der Waals surface area contributed by atoms with Crippen molar-refractivity contribution in [3.05, 3.63) is 95.1 Å². The number of carbonyl (C=O) groups excluding carboxylic acids is 3. The summed E-state index contributed by atoms with van der Waals surface area (Å²) >= 11 is 0. The van der Waals surface area contributed by atoms with Crippen molar-refractivity contribution in [1.29, 1.82) is 0 Å². The highest BCUT2D eigenvalue weighted by molar-refractivity contribution is 6.11. The van der Waals surface area contributed by atoms with Crippen molar-refractivity contribution in [2.45, 2.75) is 6.54 Å². The molecule has 0 bridgehead atoms. The van der Waals surface area contributed by atoms with Crippen LogP contribution >= 0.6 is 0 Å². The predicted octanol–water partition coefficient (Wildman–Crippen LogP) is 2.87. The Hall–Kier alpha value is -4.39. The molecule has 0 spiro atoms. The van der Waals surface area contributed by atoms with Gasteiger partial charge in [-0.2, -0.15) is 0 Å². The van der Waals surface area contributed by atoms with Gasteiger partial charge in [-0.25, -0.2) is 0 Å². The van der Waals surface area contributed by atoms with E-state index in [0.29, 0.717) is 33.5 Å². The Balaban J connectivity index is 1.76. The highest BCUT2D eigenvalue weighted by Crippen LogP contribution is 2.37. The zero-order valence-electron chi connectivity index (χ0n) is 17.2. The zero-order chi connectivity index (χ0) is 23.0. The second-order valence-corrected chi connectivity index (χ2v) is 7.61. The lowest BCUT2D eigenvalue weighted by Gasteiger charge is -2.16. The molecule has 32 heavy (non-hydrogen) atoms. The number of phenols is 1. The Morgan fingerprint density at radius 3 is 2.47 bits per heavy atom. The standard InChI is InChI=1S/C25H21N3O4/c1-14(24(27)31)12-28-13-19-17(8-9-20(26)22(19)25(28)32)16-7-10-21(29)18(11-16)23(30)15-5-3-2-4-6-15/h2-11,29H,1,12-13,26H2,(H2,27,31). The quantitative estimate of drug-likeness (QED) is 0.317. The summed E-state index contributed by atoms with van der Waals surface area (Å²) < 4.78 is 0. The first-order valence-electron chi connectivity index (χ1n) is 9.89. The molecule has 0 aromatic heterocycles. The molecule has 1 heterocycles. The van der Waals surface area contributed by atoms with Crippen molar-refractivity contribution >= 4 is 23.3 Å². The Bertz CT molecular complexity index is 1280. The molecule has 0 radical (unpaired) electrons. The van der Waals surface area contributed by atoms with E-state index in [-0.39, 0.29) is 41.7 Å². The summed E-state index contributed by atoms with van der Waals surface area (Å²) in [5.74, 6) is -1.44. The number of amides is 2. The van der Waals surface area contributed by atoms with Crippen molar-refractivity contribution in [2.75, 3.05) is 12.3 Å². The maximum Gasteiger partial charge on any atom is 0.256 e. The van der Waals surface area contributed by atoms with E-state index in [9.17, 15) is 19.5 Å². The Morgan fingerprint density at radius 1 is 1.06 bits per heavy atom. The fraction of sp³-hybridized carbons (Fsp3) is 0.0800. The number of nitrogens with zero attached hydrogens (tertiary/aromatic N) is 1. The first-order valence-corrected chi connectivity index (χ1v) is 9.89. The highest BCUT2D eigenvalue weighted by Gasteiger charge is 2.32. The summed E-state index contributed by atoms with van der Waals surface area (Å²) in [5.41, 5.74) is 14.8. The van der Waals surface area contributed by atoms with E-state index < -0.39 is 5.91 Å². The molecule has 0 atom stereocenters. The number of phenolic OH excluding ortho intramolecular Hbond substituents is 1. The van der Waals surface area contributed by atoms with Crippen molar-refractivity contribution in [3.8, 4) is 16.9 Å². The molecule has 0 aliphatic carbocycles. The third-order valence-corrected chi connectivity index (χ3v) is 5.51. The second kappa shape index (κ2) is 8.03.